The van der Waals surface area contributed by atoms with Gasteiger partial charge in [0, 0.05) is 23.2 Å². The molecule has 7 aromatic carbocycles. The highest BCUT2D eigenvalue weighted by molar-refractivity contribution is 6.04. The SMILES string of the molecule is Cc1ccc(-c2ccc(C)cc2C(F)(F)F)c(C)c1.Cc1ccc(C)cc1.Cc1ccc(CC(=O)c2ccc(C)cc2)cc1.Cc1ccc(NC(=O)c2ccc(C)cc2)cc1. The van der Waals surface area contributed by atoms with Crippen LogP contribution in [0, 0.1) is 62.3 Å². The second-order valence-electron chi connectivity index (χ2n) is 15.7. The van der Waals surface area contributed by atoms with Crippen LogP contribution in [-0.4, -0.2) is 11.7 Å². The number of hydrogen-bond acceptors (Lipinski definition) is 2. The van der Waals surface area contributed by atoms with Crippen LogP contribution in [0.1, 0.15) is 81.9 Å². The van der Waals surface area contributed by atoms with Crippen molar-refractivity contribution in [3.8, 4) is 11.1 Å². The number of nitrogens with one attached hydrogen (secondary N) is 1. The van der Waals surface area contributed by atoms with Gasteiger partial charge in [-0.3, -0.25) is 9.59 Å². The lowest BCUT2D eigenvalue weighted by molar-refractivity contribution is -0.137. The van der Waals surface area contributed by atoms with Crippen molar-refractivity contribution < 1.29 is 22.8 Å². The molecule has 3 nitrogen and oxygen atoms in total. The molecule has 0 atom stereocenters. The van der Waals surface area contributed by atoms with Crippen LogP contribution in [0.25, 0.3) is 11.1 Å². The highest BCUT2D eigenvalue weighted by atomic mass is 19.4. The van der Waals surface area contributed by atoms with E-state index in [1.807, 2.05) is 151 Å². The Morgan fingerprint density at radius 2 is 0.787 bits per heavy atom. The van der Waals surface area contributed by atoms with E-state index >= 15 is 0 Å². The Hall–Kier alpha value is -6.53. The number of amides is 1. The molecule has 1 amide bonds. The number of Topliss-reactive ketones (excluding diaryl/α,β-unsaturated/α-hetero) is 1. The first-order chi connectivity index (χ1) is 28.9. The fourth-order valence-electron chi connectivity index (χ4n) is 6.16. The standard InChI is InChI=1S/C16H15F3.C16H16O.C15H15NO.C8H10/c1-10-4-6-13(12(3)8-10)14-7-5-11(2)9-15(14)16(17,18)19;1-12-3-7-14(8-4-12)11-16(17)15-9-5-13(2)6-10-15;1-11-3-7-13(8-4-11)15(17)16-14-9-5-12(2)6-10-14;1-7-3-5-8(2)6-4-7/h4-9H,1-3H3;3-10H,11H2,1-2H3;3-10H,1-2H3,(H,16,17);3-6H,1-2H3. The molecule has 0 radical (unpaired) electrons. The summed E-state index contributed by atoms with van der Waals surface area (Å²) in [6.45, 7) is 17.7. The van der Waals surface area contributed by atoms with Crippen LogP contribution in [0.5, 0.6) is 0 Å². The zero-order chi connectivity index (χ0) is 44.7. The summed E-state index contributed by atoms with van der Waals surface area (Å²) < 4.78 is 39.4. The number of benzene rings is 7. The lowest BCUT2D eigenvalue weighted by Gasteiger charge is -2.16. The number of carbonyl (C=O) groups is 2. The molecule has 6 heteroatoms. The zero-order valence-electron chi connectivity index (χ0n) is 36.7. The van der Waals surface area contributed by atoms with Gasteiger partial charge in [-0.25, -0.2) is 0 Å². The molecule has 0 saturated carbocycles. The molecule has 0 aromatic heterocycles. The van der Waals surface area contributed by atoms with Gasteiger partial charge in [-0.05, 0) is 115 Å². The number of ketones is 1. The van der Waals surface area contributed by atoms with Gasteiger partial charge in [0.15, 0.2) is 5.78 Å². The minimum atomic E-state index is -4.33. The van der Waals surface area contributed by atoms with E-state index < -0.39 is 11.7 Å². The van der Waals surface area contributed by atoms with Gasteiger partial charge in [-0.2, -0.15) is 13.2 Å². The maximum absolute atomic E-state index is 13.1. The van der Waals surface area contributed by atoms with Crippen LogP contribution in [0.3, 0.4) is 0 Å². The molecule has 0 aliphatic carbocycles. The van der Waals surface area contributed by atoms with Gasteiger partial charge < -0.3 is 5.32 Å². The number of halogens is 3. The third-order valence-electron chi connectivity index (χ3n) is 9.85. The van der Waals surface area contributed by atoms with Crippen LogP contribution in [0.2, 0.25) is 0 Å². The number of hydrogen-bond donors (Lipinski definition) is 1. The Morgan fingerprint density at radius 3 is 1.23 bits per heavy atom. The van der Waals surface area contributed by atoms with Crippen LogP contribution in [0.15, 0.2) is 158 Å². The number of aryl methyl sites for hydroxylation is 9. The van der Waals surface area contributed by atoms with E-state index in [9.17, 15) is 22.8 Å². The average Bonchev–Trinajstić information content (AvgIpc) is 3.22. The van der Waals surface area contributed by atoms with E-state index in [1.54, 1.807) is 25.1 Å². The molecule has 0 fully saturated rings. The Kier molecular flexibility index (Phi) is 17.1. The molecule has 0 saturated heterocycles. The van der Waals surface area contributed by atoms with Crippen molar-refractivity contribution in [3.05, 3.63) is 230 Å². The molecule has 1 N–H and O–H groups in total. The predicted octanol–water partition coefficient (Wildman–Crippen LogP) is 14.9. The summed E-state index contributed by atoms with van der Waals surface area (Å²) in [5.41, 5.74) is 13.6. The van der Waals surface area contributed by atoms with Crippen molar-refractivity contribution in [1.29, 1.82) is 0 Å². The Labute approximate surface area is 360 Å². The molecule has 7 rings (SSSR count). The van der Waals surface area contributed by atoms with Gasteiger partial charge >= 0.3 is 6.18 Å². The van der Waals surface area contributed by atoms with Crippen LogP contribution < -0.4 is 5.32 Å². The summed E-state index contributed by atoms with van der Waals surface area (Å²) in [5, 5.41) is 2.87. The summed E-state index contributed by atoms with van der Waals surface area (Å²) in [5.74, 6) is 0.0997. The summed E-state index contributed by atoms with van der Waals surface area (Å²) in [7, 11) is 0. The molecule has 0 aliphatic heterocycles. The number of anilines is 1. The highest BCUT2D eigenvalue weighted by Crippen LogP contribution is 2.38. The molecule has 0 unspecified atom stereocenters. The summed E-state index contributed by atoms with van der Waals surface area (Å²) >= 11 is 0. The van der Waals surface area contributed by atoms with Gasteiger partial charge in [-0.15, -0.1) is 0 Å². The maximum atomic E-state index is 13.1. The molecule has 0 spiro atoms. The van der Waals surface area contributed by atoms with E-state index in [-0.39, 0.29) is 17.3 Å². The summed E-state index contributed by atoms with van der Waals surface area (Å²) in [6, 6.07) is 49.6. The molecule has 314 valence electrons. The van der Waals surface area contributed by atoms with E-state index in [1.165, 1.54) is 33.9 Å². The van der Waals surface area contributed by atoms with Crippen molar-refractivity contribution in [3.63, 3.8) is 0 Å². The monoisotopic (exact) mass is 819 g/mol. The van der Waals surface area contributed by atoms with Crippen molar-refractivity contribution in [1.82, 2.24) is 0 Å². The van der Waals surface area contributed by atoms with E-state index in [2.05, 4.69) is 43.4 Å². The van der Waals surface area contributed by atoms with Gasteiger partial charge in [0.1, 0.15) is 0 Å². The molecular formula is C55H56F3NO2. The summed E-state index contributed by atoms with van der Waals surface area (Å²) in [6.07, 6.45) is -3.86. The van der Waals surface area contributed by atoms with Gasteiger partial charge in [0.25, 0.3) is 5.91 Å². The molecule has 61 heavy (non-hydrogen) atoms. The molecule has 0 heterocycles. The average molecular weight is 820 g/mol. The quantitative estimate of drug-likeness (QED) is 0.170. The van der Waals surface area contributed by atoms with E-state index in [0.29, 0.717) is 23.1 Å². The summed E-state index contributed by atoms with van der Waals surface area (Å²) in [4.78, 5) is 23.9. The number of alkyl halides is 3. The maximum Gasteiger partial charge on any atom is 0.417 e. The second kappa shape index (κ2) is 22.2. The zero-order valence-corrected chi connectivity index (χ0v) is 36.7. The molecule has 0 bridgehead atoms. The first-order valence-corrected chi connectivity index (χ1v) is 20.3. The third-order valence-corrected chi connectivity index (χ3v) is 9.85. The second-order valence-corrected chi connectivity index (χ2v) is 15.7. The van der Waals surface area contributed by atoms with Crippen molar-refractivity contribution in [2.24, 2.45) is 0 Å². The Balaban J connectivity index is 0.000000185. The first-order valence-electron chi connectivity index (χ1n) is 20.3. The van der Waals surface area contributed by atoms with Crippen LogP contribution in [0.4, 0.5) is 18.9 Å². The minimum Gasteiger partial charge on any atom is -0.322 e. The fourth-order valence-corrected chi connectivity index (χ4v) is 6.16. The molecule has 0 aliphatic rings. The number of rotatable bonds is 6. The lowest BCUT2D eigenvalue weighted by atomic mass is 9.93. The third kappa shape index (κ3) is 15.5. The van der Waals surface area contributed by atoms with Gasteiger partial charge in [0.05, 0.1) is 5.56 Å². The fraction of sp³-hybridized carbons (Fsp3) is 0.200. The Morgan fingerprint density at radius 1 is 0.426 bits per heavy atom. The van der Waals surface area contributed by atoms with Gasteiger partial charge in [0.2, 0.25) is 0 Å². The molecule has 7 aromatic rings. The minimum absolute atomic E-state index is 0.0751. The van der Waals surface area contributed by atoms with Crippen molar-refractivity contribution >= 4 is 17.4 Å². The highest BCUT2D eigenvalue weighted by Gasteiger charge is 2.34. The first kappa shape index (κ1) is 47.2. The Bertz CT molecular complexity index is 2360. The van der Waals surface area contributed by atoms with Crippen LogP contribution in [-0.2, 0) is 12.6 Å². The predicted molar refractivity (Wildman–Crippen MR) is 248 cm³/mol. The largest absolute Gasteiger partial charge is 0.417 e. The van der Waals surface area contributed by atoms with Crippen molar-refractivity contribution in [2.75, 3.05) is 5.32 Å². The normalized spacial score (nSPS) is 10.5. The van der Waals surface area contributed by atoms with E-state index in [0.717, 1.165) is 33.5 Å². The van der Waals surface area contributed by atoms with E-state index in [4.69, 9.17) is 0 Å². The number of carbonyl (C=O) groups excluding carboxylic acids is 2. The molecular weight excluding hydrogens is 764 g/mol. The lowest BCUT2D eigenvalue weighted by Crippen LogP contribution is -2.11. The van der Waals surface area contributed by atoms with Crippen molar-refractivity contribution in [2.45, 2.75) is 74.9 Å². The topological polar surface area (TPSA) is 46.2 Å². The van der Waals surface area contributed by atoms with Gasteiger partial charge in [-0.1, -0.05) is 172 Å². The van der Waals surface area contributed by atoms with Crippen LogP contribution >= 0.6 is 0 Å². The smallest absolute Gasteiger partial charge is 0.322 e.